The number of aromatic nitrogens is 2. The SMILES string of the molecule is [2H]C([2H])([2H])c1ccc(-c2ccc3c(c4c5ccccc5ccc4n3C)[n+]2C)c(C)c1. The lowest BCUT2D eigenvalue weighted by molar-refractivity contribution is -0.632. The molecule has 0 N–H and O–H groups in total. The first-order valence-corrected chi connectivity index (χ1v) is 9.18. The van der Waals surface area contributed by atoms with E-state index in [4.69, 9.17) is 4.11 Å². The van der Waals surface area contributed by atoms with Crippen LogP contribution in [-0.2, 0) is 14.1 Å². The molecule has 0 bridgehead atoms. The molecule has 2 heterocycles. The van der Waals surface area contributed by atoms with Gasteiger partial charge in [0.05, 0.1) is 10.9 Å². The molecule has 2 nitrogen and oxygen atoms in total. The topological polar surface area (TPSA) is 8.81 Å². The van der Waals surface area contributed by atoms with Crippen LogP contribution in [0.15, 0.2) is 66.7 Å². The summed E-state index contributed by atoms with van der Waals surface area (Å²) in [5.74, 6) is 0. The molecule has 5 aromatic rings. The van der Waals surface area contributed by atoms with Gasteiger partial charge in [0.1, 0.15) is 12.6 Å². The number of hydrogen-bond donors (Lipinski definition) is 0. The number of pyridine rings is 1. The van der Waals surface area contributed by atoms with Crippen molar-refractivity contribution < 1.29 is 8.68 Å². The average Bonchev–Trinajstić information content (AvgIpc) is 3.01. The van der Waals surface area contributed by atoms with Crippen LogP contribution >= 0.6 is 0 Å². The zero-order valence-corrected chi connectivity index (χ0v) is 15.7. The van der Waals surface area contributed by atoms with Crippen LogP contribution < -0.4 is 4.57 Å². The molecule has 2 heteroatoms. The molecule has 2 aromatic heterocycles. The molecule has 0 aliphatic carbocycles. The highest BCUT2D eigenvalue weighted by Gasteiger charge is 2.22. The lowest BCUT2D eigenvalue weighted by atomic mass is 10.0. The third-order valence-corrected chi connectivity index (χ3v) is 5.71. The third kappa shape index (κ3) is 2.23. The van der Waals surface area contributed by atoms with Crippen LogP contribution in [0.2, 0.25) is 0 Å². The second-order valence-corrected chi connectivity index (χ2v) is 7.28. The molecule has 27 heavy (non-hydrogen) atoms. The normalized spacial score (nSPS) is 13.8. The van der Waals surface area contributed by atoms with Gasteiger partial charge in [0.15, 0.2) is 0 Å². The van der Waals surface area contributed by atoms with E-state index >= 15 is 0 Å². The molecule has 0 aliphatic heterocycles. The first kappa shape index (κ1) is 13.1. The Morgan fingerprint density at radius 1 is 0.926 bits per heavy atom. The number of nitrogens with zero attached hydrogens (tertiary/aromatic N) is 2. The molecule has 0 fully saturated rings. The Kier molecular flexibility index (Phi) is 2.76. The Morgan fingerprint density at radius 2 is 1.74 bits per heavy atom. The van der Waals surface area contributed by atoms with Crippen LogP contribution in [0.4, 0.5) is 0 Å². The van der Waals surface area contributed by atoms with Crippen molar-refractivity contribution in [2.45, 2.75) is 13.8 Å². The van der Waals surface area contributed by atoms with Gasteiger partial charge in [-0.05, 0) is 48.3 Å². The molecule has 0 unspecified atom stereocenters. The molecule has 0 saturated carbocycles. The summed E-state index contributed by atoms with van der Waals surface area (Å²) in [6.07, 6.45) is 0. The smallest absolute Gasteiger partial charge is 0.239 e. The summed E-state index contributed by atoms with van der Waals surface area (Å²) in [5, 5.41) is 3.70. The number of benzene rings is 3. The molecule has 132 valence electrons. The van der Waals surface area contributed by atoms with E-state index in [0.717, 1.165) is 16.8 Å². The van der Waals surface area contributed by atoms with Gasteiger partial charge in [0.25, 0.3) is 0 Å². The van der Waals surface area contributed by atoms with E-state index < -0.39 is 6.85 Å². The van der Waals surface area contributed by atoms with E-state index in [1.165, 1.54) is 32.7 Å². The lowest BCUT2D eigenvalue weighted by Gasteiger charge is -2.07. The van der Waals surface area contributed by atoms with E-state index in [0.29, 0.717) is 5.56 Å². The van der Waals surface area contributed by atoms with Crippen molar-refractivity contribution in [2.75, 3.05) is 0 Å². The van der Waals surface area contributed by atoms with Crippen LogP contribution in [-0.4, -0.2) is 4.57 Å². The summed E-state index contributed by atoms with van der Waals surface area (Å²) in [5.41, 5.74) is 7.01. The van der Waals surface area contributed by atoms with Crippen molar-refractivity contribution in [3.05, 3.63) is 77.9 Å². The van der Waals surface area contributed by atoms with Crippen LogP contribution in [0, 0.1) is 13.8 Å². The summed E-state index contributed by atoms with van der Waals surface area (Å²) in [6, 6.07) is 22.6. The number of aryl methyl sites for hydroxylation is 4. The third-order valence-electron chi connectivity index (χ3n) is 5.71. The van der Waals surface area contributed by atoms with Crippen molar-refractivity contribution in [3.8, 4) is 11.3 Å². The van der Waals surface area contributed by atoms with Gasteiger partial charge in [-0.2, -0.15) is 4.57 Å². The predicted molar refractivity (Wildman–Crippen MR) is 114 cm³/mol. The highest BCUT2D eigenvalue weighted by Crippen LogP contribution is 2.33. The van der Waals surface area contributed by atoms with E-state index in [1.54, 1.807) is 12.1 Å². The second kappa shape index (κ2) is 5.68. The van der Waals surface area contributed by atoms with Gasteiger partial charge in [0.2, 0.25) is 11.2 Å². The summed E-state index contributed by atoms with van der Waals surface area (Å²) in [4.78, 5) is 0. The van der Waals surface area contributed by atoms with E-state index in [2.05, 4.69) is 71.8 Å². The first-order valence-electron chi connectivity index (χ1n) is 10.7. The Balaban J connectivity index is 1.85. The molecule has 0 saturated heterocycles. The Labute approximate surface area is 163 Å². The Bertz CT molecular complexity index is 1460. The van der Waals surface area contributed by atoms with Crippen molar-refractivity contribution >= 4 is 32.7 Å². The van der Waals surface area contributed by atoms with Crippen LogP contribution in [0.1, 0.15) is 15.2 Å². The van der Waals surface area contributed by atoms with Gasteiger partial charge >= 0.3 is 0 Å². The zero-order chi connectivity index (χ0) is 21.2. The van der Waals surface area contributed by atoms with Crippen molar-refractivity contribution in [1.29, 1.82) is 0 Å². The highest BCUT2D eigenvalue weighted by molar-refractivity contribution is 6.18. The summed E-state index contributed by atoms with van der Waals surface area (Å²) >= 11 is 0. The Hall–Kier alpha value is -3.13. The average molecular weight is 354 g/mol. The maximum atomic E-state index is 7.69. The molecule has 0 radical (unpaired) electrons. The van der Waals surface area contributed by atoms with Crippen molar-refractivity contribution in [1.82, 2.24) is 4.57 Å². The number of hydrogen-bond acceptors (Lipinski definition) is 0. The zero-order valence-electron chi connectivity index (χ0n) is 18.7. The van der Waals surface area contributed by atoms with E-state index in [-0.39, 0.29) is 0 Å². The maximum absolute atomic E-state index is 7.69. The summed E-state index contributed by atoms with van der Waals surface area (Å²) in [7, 11) is 4.20. The Morgan fingerprint density at radius 3 is 2.56 bits per heavy atom. The monoisotopic (exact) mass is 354 g/mol. The van der Waals surface area contributed by atoms with Crippen molar-refractivity contribution in [3.63, 3.8) is 0 Å². The molecule has 3 aromatic carbocycles. The van der Waals surface area contributed by atoms with Gasteiger partial charge < -0.3 is 4.57 Å². The molecular weight excluding hydrogens is 328 g/mol. The van der Waals surface area contributed by atoms with Crippen LogP contribution in [0.5, 0.6) is 0 Å². The molecule has 5 rings (SSSR count). The van der Waals surface area contributed by atoms with Gasteiger partial charge in [-0.25, -0.2) is 0 Å². The molecular formula is C25H23N2+. The van der Waals surface area contributed by atoms with Crippen LogP contribution in [0.25, 0.3) is 44.0 Å². The van der Waals surface area contributed by atoms with E-state index in [9.17, 15) is 0 Å². The minimum absolute atomic E-state index is 0.378. The summed E-state index contributed by atoms with van der Waals surface area (Å²) < 4.78 is 27.5. The van der Waals surface area contributed by atoms with Gasteiger partial charge in [0, 0.05) is 22.8 Å². The number of fused-ring (bicyclic) bond motifs is 5. The standard InChI is InChI=1S/C25H23N2/c1-16-9-11-19(17(2)15-16)21-13-14-23-25(27(21)4)24-20-8-6-5-7-18(20)10-12-22(24)26(23)3/h5-15H,1-4H3/q+1/i1D3. The summed E-state index contributed by atoms with van der Waals surface area (Å²) in [6.45, 7) is -0.114. The lowest BCUT2D eigenvalue weighted by Crippen LogP contribution is -2.32. The van der Waals surface area contributed by atoms with Gasteiger partial charge in [-0.3, -0.25) is 0 Å². The maximum Gasteiger partial charge on any atom is 0.239 e. The fourth-order valence-electron chi connectivity index (χ4n) is 4.35. The van der Waals surface area contributed by atoms with Gasteiger partial charge in [-0.1, -0.05) is 48.0 Å². The molecule has 0 spiro atoms. The van der Waals surface area contributed by atoms with E-state index in [1.807, 2.05) is 13.0 Å². The molecule has 0 aliphatic rings. The number of rotatable bonds is 1. The minimum atomic E-state index is -2.09. The molecule has 0 atom stereocenters. The highest BCUT2D eigenvalue weighted by atomic mass is 15.0. The van der Waals surface area contributed by atoms with Crippen LogP contribution in [0.3, 0.4) is 0 Å². The minimum Gasteiger partial charge on any atom is -0.338 e. The van der Waals surface area contributed by atoms with Gasteiger partial charge in [-0.15, -0.1) is 0 Å². The fourth-order valence-corrected chi connectivity index (χ4v) is 4.35. The predicted octanol–water partition coefficient (Wildman–Crippen LogP) is 5.59. The quantitative estimate of drug-likeness (QED) is 0.347. The second-order valence-electron chi connectivity index (χ2n) is 7.28. The largest absolute Gasteiger partial charge is 0.338 e. The first-order chi connectivity index (χ1) is 14.3. The van der Waals surface area contributed by atoms with Crippen molar-refractivity contribution in [2.24, 2.45) is 14.1 Å². The molecule has 0 amide bonds. The fraction of sp³-hybridized carbons (Fsp3) is 0.160.